The molecule has 2 aromatic rings. The number of para-hydroxylation sites is 2. The fourth-order valence-electron chi connectivity index (χ4n) is 1.21. The van der Waals surface area contributed by atoms with Crippen LogP contribution in [0.15, 0.2) is 36.7 Å². The summed E-state index contributed by atoms with van der Waals surface area (Å²) in [6.07, 6.45) is 4.81. The van der Waals surface area contributed by atoms with Gasteiger partial charge in [-0.2, -0.15) is 5.26 Å². The number of benzene rings is 1. The largest absolute Gasteiger partial charge is 0.305 e. The first-order chi connectivity index (χ1) is 6.42. The zero-order valence-corrected chi connectivity index (χ0v) is 6.88. The SMILES string of the molecule is N#C/C=C\n1cnc2ccccc21. The number of allylic oxidation sites excluding steroid dienone is 1. The maximum atomic E-state index is 8.37. The first-order valence-corrected chi connectivity index (χ1v) is 3.89. The molecule has 13 heavy (non-hydrogen) atoms. The van der Waals surface area contributed by atoms with Gasteiger partial charge in [0.1, 0.15) is 0 Å². The van der Waals surface area contributed by atoms with Crippen LogP contribution in [0, 0.1) is 11.3 Å². The maximum absolute atomic E-state index is 8.37. The zero-order chi connectivity index (χ0) is 9.10. The Labute approximate surface area is 75.5 Å². The van der Waals surface area contributed by atoms with Crippen molar-refractivity contribution in [1.82, 2.24) is 9.55 Å². The molecule has 0 aliphatic rings. The molecule has 3 heteroatoms. The average molecular weight is 169 g/mol. The summed E-state index contributed by atoms with van der Waals surface area (Å²) in [5.74, 6) is 0. The molecule has 0 saturated heterocycles. The molecule has 0 spiro atoms. The third-order valence-electron chi connectivity index (χ3n) is 1.79. The molecule has 0 unspecified atom stereocenters. The van der Waals surface area contributed by atoms with Crippen LogP contribution in [0.3, 0.4) is 0 Å². The van der Waals surface area contributed by atoms with Crippen molar-refractivity contribution in [3.05, 3.63) is 36.7 Å². The second-order valence-corrected chi connectivity index (χ2v) is 2.59. The Kier molecular flexibility index (Phi) is 1.81. The predicted octanol–water partition coefficient (Wildman–Crippen LogP) is 2.03. The zero-order valence-electron chi connectivity index (χ0n) is 6.88. The van der Waals surface area contributed by atoms with E-state index in [1.54, 1.807) is 12.5 Å². The third-order valence-corrected chi connectivity index (χ3v) is 1.79. The summed E-state index contributed by atoms with van der Waals surface area (Å²) in [6, 6.07) is 9.72. The van der Waals surface area contributed by atoms with Gasteiger partial charge in [-0.3, -0.25) is 0 Å². The number of imidazole rings is 1. The Balaban J connectivity index is 2.59. The van der Waals surface area contributed by atoms with Crippen LogP contribution >= 0.6 is 0 Å². The van der Waals surface area contributed by atoms with E-state index in [9.17, 15) is 0 Å². The molecule has 0 fully saturated rings. The van der Waals surface area contributed by atoms with Crippen LogP contribution in [0.2, 0.25) is 0 Å². The highest BCUT2D eigenvalue weighted by Gasteiger charge is 1.96. The van der Waals surface area contributed by atoms with Gasteiger partial charge in [-0.15, -0.1) is 0 Å². The minimum absolute atomic E-state index is 0.935. The number of rotatable bonds is 1. The molecule has 0 aliphatic carbocycles. The van der Waals surface area contributed by atoms with Crippen molar-refractivity contribution >= 4 is 17.2 Å². The molecular weight excluding hydrogens is 162 g/mol. The number of nitriles is 1. The van der Waals surface area contributed by atoms with Crippen molar-refractivity contribution in [3.8, 4) is 6.07 Å². The van der Waals surface area contributed by atoms with Gasteiger partial charge in [-0.25, -0.2) is 4.98 Å². The van der Waals surface area contributed by atoms with E-state index in [2.05, 4.69) is 4.98 Å². The molecule has 0 aliphatic heterocycles. The van der Waals surface area contributed by atoms with Crippen molar-refractivity contribution < 1.29 is 0 Å². The summed E-state index contributed by atoms with van der Waals surface area (Å²) in [6.45, 7) is 0. The van der Waals surface area contributed by atoms with Gasteiger partial charge in [-0.1, -0.05) is 12.1 Å². The van der Waals surface area contributed by atoms with E-state index in [1.165, 1.54) is 6.08 Å². The molecule has 0 amide bonds. The number of hydrogen-bond donors (Lipinski definition) is 0. The monoisotopic (exact) mass is 169 g/mol. The van der Waals surface area contributed by atoms with Crippen LogP contribution in [-0.4, -0.2) is 9.55 Å². The van der Waals surface area contributed by atoms with Crippen molar-refractivity contribution in [3.63, 3.8) is 0 Å². The molecule has 62 valence electrons. The average Bonchev–Trinajstić information content (AvgIpc) is 2.58. The van der Waals surface area contributed by atoms with Crippen LogP contribution in [0.5, 0.6) is 0 Å². The highest BCUT2D eigenvalue weighted by molar-refractivity contribution is 5.77. The first-order valence-electron chi connectivity index (χ1n) is 3.89. The minimum atomic E-state index is 0.935. The first kappa shape index (κ1) is 7.56. The number of hydrogen-bond acceptors (Lipinski definition) is 2. The maximum Gasteiger partial charge on any atom is 0.0999 e. The molecular formula is C10H7N3. The van der Waals surface area contributed by atoms with Crippen LogP contribution in [0.25, 0.3) is 17.2 Å². The lowest BCUT2D eigenvalue weighted by Crippen LogP contribution is -1.80. The quantitative estimate of drug-likeness (QED) is 0.613. The highest BCUT2D eigenvalue weighted by atomic mass is 15.0. The van der Waals surface area contributed by atoms with E-state index >= 15 is 0 Å². The molecule has 0 saturated carbocycles. The summed E-state index contributed by atoms with van der Waals surface area (Å²) in [7, 11) is 0. The Morgan fingerprint density at radius 1 is 1.38 bits per heavy atom. The summed E-state index contributed by atoms with van der Waals surface area (Å²) in [5, 5.41) is 8.37. The van der Waals surface area contributed by atoms with Crippen molar-refractivity contribution in [2.24, 2.45) is 0 Å². The summed E-state index contributed by atoms with van der Waals surface area (Å²) >= 11 is 0. The second kappa shape index (κ2) is 3.11. The predicted molar refractivity (Wildman–Crippen MR) is 50.7 cm³/mol. The van der Waals surface area contributed by atoms with Gasteiger partial charge in [-0.05, 0) is 12.1 Å². The van der Waals surface area contributed by atoms with Crippen molar-refractivity contribution in [2.75, 3.05) is 0 Å². The van der Waals surface area contributed by atoms with Gasteiger partial charge in [0.2, 0.25) is 0 Å². The smallest absolute Gasteiger partial charge is 0.0999 e. The fraction of sp³-hybridized carbons (Fsp3) is 0. The molecule has 2 rings (SSSR count). The topological polar surface area (TPSA) is 41.6 Å². The Bertz CT molecular complexity index is 488. The van der Waals surface area contributed by atoms with Crippen LogP contribution in [0.1, 0.15) is 0 Å². The standard InChI is InChI=1S/C10H7N3/c11-6-3-7-13-8-12-9-4-1-2-5-10(9)13/h1-5,7-8H/b7-3-. The third kappa shape index (κ3) is 1.30. The van der Waals surface area contributed by atoms with Crippen molar-refractivity contribution in [1.29, 1.82) is 5.26 Å². The van der Waals surface area contributed by atoms with Gasteiger partial charge in [0.25, 0.3) is 0 Å². The number of aromatic nitrogens is 2. The summed E-state index contributed by atoms with van der Waals surface area (Å²) in [4.78, 5) is 4.17. The van der Waals surface area contributed by atoms with Gasteiger partial charge < -0.3 is 4.57 Å². The molecule has 0 bridgehead atoms. The minimum Gasteiger partial charge on any atom is -0.305 e. The lowest BCUT2D eigenvalue weighted by atomic mass is 10.3. The molecule has 1 aromatic carbocycles. The molecule has 0 radical (unpaired) electrons. The van der Waals surface area contributed by atoms with Crippen molar-refractivity contribution in [2.45, 2.75) is 0 Å². The van der Waals surface area contributed by atoms with E-state index in [0.29, 0.717) is 0 Å². The van der Waals surface area contributed by atoms with Crippen LogP contribution < -0.4 is 0 Å². The molecule has 1 aromatic heterocycles. The number of fused-ring (bicyclic) bond motifs is 1. The van der Waals surface area contributed by atoms with E-state index in [1.807, 2.05) is 34.9 Å². The molecule has 3 nitrogen and oxygen atoms in total. The van der Waals surface area contributed by atoms with Gasteiger partial charge in [0.05, 0.1) is 23.4 Å². The Morgan fingerprint density at radius 3 is 3.08 bits per heavy atom. The van der Waals surface area contributed by atoms with Gasteiger partial charge in [0.15, 0.2) is 0 Å². The van der Waals surface area contributed by atoms with Gasteiger partial charge >= 0.3 is 0 Å². The fourth-order valence-corrected chi connectivity index (χ4v) is 1.21. The van der Waals surface area contributed by atoms with Crippen LogP contribution in [0.4, 0.5) is 0 Å². The summed E-state index contributed by atoms with van der Waals surface area (Å²) < 4.78 is 1.82. The lowest BCUT2D eigenvalue weighted by molar-refractivity contribution is 1.17. The van der Waals surface area contributed by atoms with Crippen LogP contribution in [-0.2, 0) is 0 Å². The van der Waals surface area contributed by atoms with E-state index in [4.69, 9.17) is 5.26 Å². The Hall–Kier alpha value is -2.08. The van der Waals surface area contributed by atoms with Gasteiger partial charge in [0, 0.05) is 12.3 Å². The second-order valence-electron chi connectivity index (χ2n) is 2.59. The number of nitrogens with zero attached hydrogens (tertiary/aromatic N) is 3. The Morgan fingerprint density at radius 2 is 2.23 bits per heavy atom. The normalized spacial score (nSPS) is 10.7. The lowest BCUT2D eigenvalue weighted by Gasteiger charge is -1.92. The molecule has 0 atom stereocenters. The highest BCUT2D eigenvalue weighted by Crippen LogP contribution is 2.11. The molecule has 0 N–H and O–H groups in total. The summed E-state index contributed by atoms with van der Waals surface area (Å²) in [5.41, 5.74) is 1.94. The molecule has 1 heterocycles. The van der Waals surface area contributed by atoms with E-state index < -0.39 is 0 Å². The van der Waals surface area contributed by atoms with E-state index in [0.717, 1.165) is 11.0 Å². The van der Waals surface area contributed by atoms with E-state index in [-0.39, 0.29) is 0 Å².